The maximum atomic E-state index is 12.9. The van der Waals surface area contributed by atoms with E-state index in [1.165, 1.54) is 12.1 Å². The molecule has 166 valence electrons. The number of carbonyl (C=O) groups is 1. The largest absolute Gasteiger partial charge is 0.416 e. The molecule has 0 aliphatic carbocycles. The second-order valence-corrected chi connectivity index (χ2v) is 6.59. The number of nitrogen functional groups attached to an aromatic ring is 1. The van der Waals surface area contributed by atoms with Crippen LogP contribution in [-0.4, -0.2) is 48.1 Å². The van der Waals surface area contributed by atoms with Crippen molar-refractivity contribution in [2.45, 2.75) is 12.7 Å². The molecular formula is C19H23F3N8O. The standard InChI is InChI=1S/C19H23F3N8O/c1-24-13-14-12(15(23)29-16(13)25-2)28-18(26-3)30(14)8-7-27-17(31)10-5-4-6-11(9-10)19(20,21)22/h4-6,9,24H,7-8H2,1-3H3,(H,26,28)(H,27,31)(H3,23,25,29). The lowest BCUT2D eigenvalue weighted by molar-refractivity contribution is -0.137. The molecule has 0 atom stereocenters. The van der Waals surface area contributed by atoms with Gasteiger partial charge in [0.2, 0.25) is 5.95 Å². The van der Waals surface area contributed by atoms with Gasteiger partial charge in [0.15, 0.2) is 11.6 Å². The summed E-state index contributed by atoms with van der Waals surface area (Å²) in [5, 5.41) is 11.7. The third-order valence-corrected chi connectivity index (χ3v) is 4.70. The number of nitrogens with one attached hydrogen (secondary N) is 4. The van der Waals surface area contributed by atoms with Crippen LogP contribution in [0, 0.1) is 0 Å². The number of aromatic nitrogens is 3. The summed E-state index contributed by atoms with van der Waals surface area (Å²) < 4.78 is 40.5. The minimum atomic E-state index is -4.52. The fraction of sp³-hybridized carbons (Fsp3) is 0.316. The van der Waals surface area contributed by atoms with Gasteiger partial charge in [-0.15, -0.1) is 0 Å². The van der Waals surface area contributed by atoms with E-state index in [4.69, 9.17) is 5.73 Å². The summed E-state index contributed by atoms with van der Waals surface area (Å²) in [5.74, 6) is 0.667. The Morgan fingerprint density at radius 3 is 2.48 bits per heavy atom. The van der Waals surface area contributed by atoms with E-state index in [2.05, 4.69) is 31.2 Å². The van der Waals surface area contributed by atoms with Gasteiger partial charge in [-0.3, -0.25) is 4.79 Å². The first-order valence-electron chi connectivity index (χ1n) is 9.39. The summed E-state index contributed by atoms with van der Waals surface area (Å²) in [4.78, 5) is 21.1. The van der Waals surface area contributed by atoms with Crippen LogP contribution >= 0.6 is 0 Å². The molecule has 0 bridgehead atoms. The van der Waals surface area contributed by atoms with E-state index in [1.54, 1.807) is 21.1 Å². The number of hydrogen-bond donors (Lipinski definition) is 5. The van der Waals surface area contributed by atoms with Gasteiger partial charge in [0.05, 0.1) is 5.56 Å². The summed E-state index contributed by atoms with van der Waals surface area (Å²) in [5.41, 5.74) is 6.94. The fourth-order valence-electron chi connectivity index (χ4n) is 3.27. The van der Waals surface area contributed by atoms with Gasteiger partial charge in [-0.25, -0.2) is 9.97 Å². The number of alkyl halides is 3. The number of pyridine rings is 1. The summed E-state index contributed by atoms with van der Waals surface area (Å²) in [6.07, 6.45) is -4.52. The Labute approximate surface area is 176 Å². The number of fused-ring (bicyclic) bond motifs is 1. The third kappa shape index (κ3) is 4.27. The molecule has 9 nitrogen and oxygen atoms in total. The van der Waals surface area contributed by atoms with Crippen molar-refractivity contribution < 1.29 is 18.0 Å². The number of amides is 1. The highest BCUT2D eigenvalue weighted by molar-refractivity contribution is 6.01. The molecule has 0 aliphatic heterocycles. The molecule has 31 heavy (non-hydrogen) atoms. The van der Waals surface area contributed by atoms with Gasteiger partial charge in [0.25, 0.3) is 5.91 Å². The molecule has 3 rings (SSSR count). The van der Waals surface area contributed by atoms with Gasteiger partial charge in [0.1, 0.15) is 16.7 Å². The Bertz CT molecular complexity index is 1110. The average Bonchev–Trinajstić information content (AvgIpc) is 3.12. The maximum absolute atomic E-state index is 12.9. The fourth-order valence-corrected chi connectivity index (χ4v) is 3.27. The normalized spacial score (nSPS) is 11.4. The van der Waals surface area contributed by atoms with Gasteiger partial charge in [-0.2, -0.15) is 13.2 Å². The number of rotatable bonds is 7. The van der Waals surface area contributed by atoms with Gasteiger partial charge in [-0.05, 0) is 18.2 Å². The number of imidazole rings is 1. The SMILES string of the molecule is CNc1nc(N)c2nc(NC)n(CCNC(=O)c3cccc(C(F)(F)F)c3)c2c1NC. The highest BCUT2D eigenvalue weighted by atomic mass is 19.4. The Morgan fingerprint density at radius 2 is 1.87 bits per heavy atom. The van der Waals surface area contributed by atoms with E-state index in [0.717, 1.165) is 12.1 Å². The second kappa shape index (κ2) is 8.58. The average molecular weight is 436 g/mol. The summed E-state index contributed by atoms with van der Waals surface area (Å²) in [6, 6.07) is 4.28. The molecule has 1 amide bonds. The lowest BCUT2D eigenvalue weighted by Gasteiger charge is -2.15. The molecule has 0 saturated heterocycles. The Morgan fingerprint density at radius 1 is 1.13 bits per heavy atom. The van der Waals surface area contributed by atoms with E-state index in [1.807, 2.05) is 4.57 Å². The smallest absolute Gasteiger partial charge is 0.383 e. The third-order valence-electron chi connectivity index (χ3n) is 4.70. The Hall–Kier alpha value is -3.70. The molecule has 0 unspecified atom stereocenters. The highest BCUT2D eigenvalue weighted by Crippen LogP contribution is 2.34. The number of halogens is 3. The number of anilines is 4. The lowest BCUT2D eigenvalue weighted by Crippen LogP contribution is -2.28. The Balaban J connectivity index is 1.86. The molecule has 2 aromatic heterocycles. The van der Waals surface area contributed by atoms with Crippen molar-refractivity contribution in [1.82, 2.24) is 19.9 Å². The Kier molecular flexibility index (Phi) is 6.09. The summed E-state index contributed by atoms with van der Waals surface area (Å²) >= 11 is 0. The van der Waals surface area contributed by atoms with Crippen molar-refractivity contribution in [3.8, 4) is 0 Å². The van der Waals surface area contributed by atoms with Crippen LogP contribution in [0.1, 0.15) is 15.9 Å². The number of nitrogens with two attached hydrogens (primary N) is 1. The lowest BCUT2D eigenvalue weighted by atomic mass is 10.1. The van der Waals surface area contributed by atoms with E-state index in [9.17, 15) is 18.0 Å². The summed E-state index contributed by atoms with van der Waals surface area (Å²) in [7, 11) is 5.14. The summed E-state index contributed by atoms with van der Waals surface area (Å²) in [6.45, 7) is 0.439. The van der Waals surface area contributed by atoms with Crippen LogP contribution in [0.5, 0.6) is 0 Å². The van der Waals surface area contributed by atoms with Crippen molar-refractivity contribution in [3.05, 3.63) is 35.4 Å². The molecule has 0 spiro atoms. The molecule has 0 fully saturated rings. The quantitative estimate of drug-likeness (QED) is 0.386. The minimum Gasteiger partial charge on any atom is -0.383 e. The van der Waals surface area contributed by atoms with Crippen LogP contribution in [0.4, 0.5) is 36.4 Å². The zero-order chi connectivity index (χ0) is 22.8. The molecule has 3 aromatic rings. The van der Waals surface area contributed by atoms with Crippen LogP contribution in [0.15, 0.2) is 24.3 Å². The van der Waals surface area contributed by atoms with Crippen LogP contribution in [0.3, 0.4) is 0 Å². The van der Waals surface area contributed by atoms with Crippen molar-refractivity contribution in [1.29, 1.82) is 0 Å². The molecule has 0 radical (unpaired) electrons. The van der Waals surface area contributed by atoms with E-state index in [0.29, 0.717) is 35.0 Å². The minimum absolute atomic E-state index is 0.0685. The molecule has 2 heterocycles. The van der Waals surface area contributed by atoms with Crippen molar-refractivity contribution in [2.75, 3.05) is 49.4 Å². The van der Waals surface area contributed by atoms with Crippen LogP contribution in [0.25, 0.3) is 11.0 Å². The molecule has 6 N–H and O–H groups in total. The first-order valence-corrected chi connectivity index (χ1v) is 9.39. The second-order valence-electron chi connectivity index (χ2n) is 6.59. The molecule has 12 heteroatoms. The number of nitrogens with zero attached hydrogens (tertiary/aromatic N) is 3. The first kappa shape index (κ1) is 22.0. The molecule has 1 aromatic carbocycles. The number of hydrogen-bond acceptors (Lipinski definition) is 7. The number of carbonyl (C=O) groups excluding carboxylic acids is 1. The predicted molar refractivity (Wildman–Crippen MR) is 114 cm³/mol. The van der Waals surface area contributed by atoms with E-state index in [-0.39, 0.29) is 17.9 Å². The van der Waals surface area contributed by atoms with Crippen LogP contribution in [-0.2, 0) is 12.7 Å². The molecular weight excluding hydrogens is 413 g/mol. The van der Waals surface area contributed by atoms with Gasteiger partial charge >= 0.3 is 6.18 Å². The van der Waals surface area contributed by atoms with Gasteiger partial charge in [0, 0.05) is 39.8 Å². The van der Waals surface area contributed by atoms with Crippen molar-refractivity contribution >= 4 is 40.2 Å². The first-order chi connectivity index (χ1) is 14.7. The van der Waals surface area contributed by atoms with Crippen LogP contribution < -0.4 is 27.0 Å². The molecule has 0 aliphatic rings. The van der Waals surface area contributed by atoms with E-state index < -0.39 is 17.6 Å². The van der Waals surface area contributed by atoms with Crippen molar-refractivity contribution in [2.24, 2.45) is 0 Å². The highest BCUT2D eigenvalue weighted by Gasteiger charge is 2.30. The van der Waals surface area contributed by atoms with Crippen molar-refractivity contribution in [3.63, 3.8) is 0 Å². The zero-order valence-electron chi connectivity index (χ0n) is 17.2. The van der Waals surface area contributed by atoms with Crippen LogP contribution in [0.2, 0.25) is 0 Å². The number of benzene rings is 1. The van der Waals surface area contributed by atoms with Gasteiger partial charge < -0.3 is 31.6 Å². The topological polar surface area (TPSA) is 122 Å². The van der Waals surface area contributed by atoms with Gasteiger partial charge in [-0.1, -0.05) is 6.07 Å². The zero-order valence-corrected chi connectivity index (χ0v) is 17.2. The molecule has 0 saturated carbocycles. The van der Waals surface area contributed by atoms with E-state index >= 15 is 0 Å². The monoisotopic (exact) mass is 436 g/mol. The predicted octanol–water partition coefficient (Wildman–Crippen LogP) is 2.59. The maximum Gasteiger partial charge on any atom is 0.416 e.